The molecule has 5 heteroatoms. The van der Waals surface area contributed by atoms with Gasteiger partial charge in [-0.2, -0.15) is 0 Å². The number of benzene rings is 1. The molecule has 1 heterocycles. The summed E-state index contributed by atoms with van der Waals surface area (Å²) in [5, 5.41) is 3.25. The fourth-order valence-electron chi connectivity index (χ4n) is 1.40. The Morgan fingerprint density at radius 3 is 2.71 bits per heavy atom. The van der Waals surface area contributed by atoms with E-state index in [-0.39, 0.29) is 0 Å². The van der Waals surface area contributed by atoms with E-state index in [0.717, 1.165) is 32.8 Å². The molecular formula is C12H11Br2N3. The highest BCUT2D eigenvalue weighted by atomic mass is 79.9. The first-order valence-electron chi connectivity index (χ1n) is 5.23. The van der Waals surface area contributed by atoms with Crippen LogP contribution in [0.4, 0.5) is 11.5 Å². The number of nitrogens with zero attached hydrogens (tertiary/aromatic N) is 2. The van der Waals surface area contributed by atoms with Gasteiger partial charge in [0.2, 0.25) is 0 Å². The van der Waals surface area contributed by atoms with Crippen molar-refractivity contribution < 1.29 is 0 Å². The lowest BCUT2D eigenvalue weighted by atomic mass is 10.3. The quantitative estimate of drug-likeness (QED) is 0.833. The van der Waals surface area contributed by atoms with E-state index in [2.05, 4.69) is 47.1 Å². The molecule has 0 fully saturated rings. The van der Waals surface area contributed by atoms with E-state index in [1.54, 1.807) is 0 Å². The maximum Gasteiger partial charge on any atom is 0.135 e. The second kappa shape index (κ2) is 5.60. The van der Waals surface area contributed by atoms with Gasteiger partial charge < -0.3 is 5.32 Å². The van der Waals surface area contributed by atoms with E-state index in [4.69, 9.17) is 0 Å². The Hall–Kier alpha value is -0.940. The predicted molar refractivity (Wildman–Crippen MR) is 76.5 cm³/mol. The molecule has 2 aromatic rings. The van der Waals surface area contributed by atoms with Gasteiger partial charge in [0.05, 0.1) is 0 Å². The van der Waals surface area contributed by atoms with Crippen molar-refractivity contribution in [2.45, 2.75) is 13.3 Å². The third-order valence-electron chi connectivity index (χ3n) is 2.15. The summed E-state index contributed by atoms with van der Waals surface area (Å²) in [6.07, 6.45) is 0.812. The molecule has 1 aromatic carbocycles. The minimum absolute atomic E-state index is 0.793. The maximum absolute atomic E-state index is 4.41. The minimum Gasteiger partial charge on any atom is -0.340 e. The molecule has 0 saturated heterocycles. The Bertz CT molecular complexity index is 529. The molecule has 88 valence electrons. The molecule has 0 spiro atoms. The van der Waals surface area contributed by atoms with Crippen LogP contribution in [0, 0.1) is 0 Å². The fourth-order valence-corrected chi connectivity index (χ4v) is 2.22. The lowest BCUT2D eigenvalue weighted by molar-refractivity contribution is 0.931. The maximum atomic E-state index is 4.41. The molecule has 0 bridgehead atoms. The Balaban J connectivity index is 2.26. The summed E-state index contributed by atoms with van der Waals surface area (Å²) in [5.41, 5.74) is 0.993. The summed E-state index contributed by atoms with van der Waals surface area (Å²) in [5.74, 6) is 1.61. The molecule has 0 saturated carbocycles. The van der Waals surface area contributed by atoms with Gasteiger partial charge in [0, 0.05) is 22.6 Å². The smallest absolute Gasteiger partial charge is 0.135 e. The van der Waals surface area contributed by atoms with Crippen molar-refractivity contribution in [3.8, 4) is 0 Å². The summed E-state index contributed by atoms with van der Waals surface area (Å²) < 4.78 is 1.83. The molecule has 0 aliphatic carbocycles. The average molecular weight is 357 g/mol. The SMILES string of the molecule is CCc1nc(Br)cc(Nc2cccc(Br)c2)n1. The highest BCUT2D eigenvalue weighted by Crippen LogP contribution is 2.21. The van der Waals surface area contributed by atoms with E-state index in [0.29, 0.717) is 0 Å². The van der Waals surface area contributed by atoms with Crippen LogP contribution in [-0.4, -0.2) is 9.97 Å². The predicted octanol–water partition coefficient (Wildman–Crippen LogP) is 4.31. The van der Waals surface area contributed by atoms with Gasteiger partial charge in [-0.05, 0) is 34.1 Å². The zero-order valence-electron chi connectivity index (χ0n) is 9.24. The van der Waals surface area contributed by atoms with Crippen molar-refractivity contribution in [3.63, 3.8) is 0 Å². The molecule has 0 aliphatic heterocycles. The van der Waals surface area contributed by atoms with E-state index < -0.39 is 0 Å². The van der Waals surface area contributed by atoms with Gasteiger partial charge >= 0.3 is 0 Å². The number of hydrogen-bond donors (Lipinski definition) is 1. The van der Waals surface area contributed by atoms with Crippen LogP contribution in [0.3, 0.4) is 0 Å². The Labute approximate surface area is 117 Å². The Morgan fingerprint density at radius 1 is 1.18 bits per heavy atom. The normalized spacial score (nSPS) is 10.3. The Kier molecular flexibility index (Phi) is 4.12. The van der Waals surface area contributed by atoms with Crippen LogP contribution in [-0.2, 0) is 6.42 Å². The monoisotopic (exact) mass is 355 g/mol. The highest BCUT2D eigenvalue weighted by molar-refractivity contribution is 9.10. The standard InChI is InChI=1S/C12H11Br2N3/c1-2-11-16-10(14)7-12(17-11)15-9-5-3-4-8(13)6-9/h3-7H,2H2,1H3,(H,15,16,17). The molecule has 17 heavy (non-hydrogen) atoms. The first-order valence-corrected chi connectivity index (χ1v) is 6.82. The number of nitrogens with one attached hydrogen (secondary N) is 1. The van der Waals surface area contributed by atoms with Crippen molar-refractivity contribution in [1.29, 1.82) is 0 Å². The summed E-state index contributed by atoms with van der Waals surface area (Å²) in [6.45, 7) is 2.03. The number of anilines is 2. The van der Waals surface area contributed by atoms with Crippen LogP contribution >= 0.6 is 31.9 Å². The van der Waals surface area contributed by atoms with E-state index in [1.165, 1.54) is 0 Å². The number of halogens is 2. The molecule has 0 unspecified atom stereocenters. The van der Waals surface area contributed by atoms with Crippen LogP contribution in [0.1, 0.15) is 12.7 Å². The fraction of sp³-hybridized carbons (Fsp3) is 0.167. The highest BCUT2D eigenvalue weighted by Gasteiger charge is 2.02. The zero-order chi connectivity index (χ0) is 12.3. The van der Waals surface area contributed by atoms with Crippen LogP contribution in [0.15, 0.2) is 39.4 Å². The van der Waals surface area contributed by atoms with Gasteiger partial charge in [-0.3, -0.25) is 0 Å². The second-order valence-corrected chi connectivity index (χ2v) is 5.21. The van der Waals surface area contributed by atoms with Gasteiger partial charge in [0.15, 0.2) is 0 Å². The Morgan fingerprint density at radius 2 is 2.00 bits per heavy atom. The largest absolute Gasteiger partial charge is 0.340 e. The first kappa shape index (κ1) is 12.5. The molecule has 3 nitrogen and oxygen atoms in total. The van der Waals surface area contributed by atoms with Crippen molar-refractivity contribution in [3.05, 3.63) is 45.2 Å². The van der Waals surface area contributed by atoms with Crippen LogP contribution in [0.5, 0.6) is 0 Å². The van der Waals surface area contributed by atoms with Crippen molar-refractivity contribution in [2.75, 3.05) is 5.32 Å². The second-order valence-electron chi connectivity index (χ2n) is 3.48. The van der Waals surface area contributed by atoms with E-state index in [9.17, 15) is 0 Å². The molecule has 0 atom stereocenters. The summed E-state index contributed by atoms with van der Waals surface area (Å²) in [7, 11) is 0. The summed E-state index contributed by atoms with van der Waals surface area (Å²) in [6, 6.07) is 9.82. The number of hydrogen-bond acceptors (Lipinski definition) is 3. The molecule has 0 radical (unpaired) electrons. The van der Waals surface area contributed by atoms with Crippen molar-refractivity contribution in [2.24, 2.45) is 0 Å². The molecule has 1 N–H and O–H groups in total. The van der Waals surface area contributed by atoms with Gasteiger partial charge in [-0.15, -0.1) is 0 Å². The van der Waals surface area contributed by atoms with Gasteiger partial charge in [0.1, 0.15) is 16.2 Å². The van der Waals surface area contributed by atoms with E-state index in [1.807, 2.05) is 37.3 Å². The van der Waals surface area contributed by atoms with Crippen LogP contribution in [0.25, 0.3) is 0 Å². The number of aryl methyl sites for hydroxylation is 1. The third kappa shape index (κ3) is 3.51. The molecule has 1 aromatic heterocycles. The molecule has 0 amide bonds. The molecule has 2 rings (SSSR count). The first-order chi connectivity index (χ1) is 8.17. The topological polar surface area (TPSA) is 37.8 Å². The van der Waals surface area contributed by atoms with Gasteiger partial charge in [-0.1, -0.05) is 28.9 Å². The molecule has 0 aliphatic rings. The lowest BCUT2D eigenvalue weighted by Gasteiger charge is -2.07. The van der Waals surface area contributed by atoms with Gasteiger partial charge in [-0.25, -0.2) is 9.97 Å². The van der Waals surface area contributed by atoms with Crippen molar-refractivity contribution in [1.82, 2.24) is 9.97 Å². The molecular weight excluding hydrogens is 346 g/mol. The van der Waals surface area contributed by atoms with Crippen molar-refractivity contribution >= 4 is 43.4 Å². The summed E-state index contributed by atoms with van der Waals surface area (Å²) >= 11 is 6.82. The van der Waals surface area contributed by atoms with Gasteiger partial charge in [0.25, 0.3) is 0 Å². The lowest BCUT2D eigenvalue weighted by Crippen LogP contribution is -1.99. The van der Waals surface area contributed by atoms with Crippen LogP contribution < -0.4 is 5.32 Å². The van der Waals surface area contributed by atoms with Crippen LogP contribution in [0.2, 0.25) is 0 Å². The minimum atomic E-state index is 0.793. The zero-order valence-corrected chi connectivity index (χ0v) is 12.4. The third-order valence-corrected chi connectivity index (χ3v) is 3.05. The van der Waals surface area contributed by atoms with E-state index >= 15 is 0 Å². The summed E-state index contributed by atoms with van der Waals surface area (Å²) in [4.78, 5) is 8.68. The number of rotatable bonds is 3. The number of aromatic nitrogens is 2. The average Bonchev–Trinajstić information content (AvgIpc) is 2.28.